The molecule has 0 bridgehead atoms. The molecule has 3 rings (SSSR count). The second kappa shape index (κ2) is 12.1. The number of carbonyl (C=O) groups is 2. The highest BCUT2D eigenvalue weighted by Crippen LogP contribution is 2.47. The maximum Gasteiger partial charge on any atom is 0.407 e. The van der Waals surface area contributed by atoms with Gasteiger partial charge in [0.05, 0.1) is 18.0 Å². The number of fused-ring (bicyclic) bond motifs is 1. The van der Waals surface area contributed by atoms with E-state index in [-0.39, 0.29) is 5.91 Å². The first kappa shape index (κ1) is 25.9. The summed E-state index contributed by atoms with van der Waals surface area (Å²) in [5.41, 5.74) is 2.85. The number of methoxy groups -OCH3 is 1. The summed E-state index contributed by atoms with van der Waals surface area (Å²) in [5.74, 6) is 0.510. The number of nitrogens with one attached hydrogen (secondary N) is 1. The van der Waals surface area contributed by atoms with Gasteiger partial charge in [0.25, 0.3) is 5.91 Å². The van der Waals surface area contributed by atoms with Crippen LogP contribution < -0.4 is 15.0 Å². The first-order valence-corrected chi connectivity index (χ1v) is 12.5. The van der Waals surface area contributed by atoms with Crippen LogP contribution in [0.4, 0.5) is 10.5 Å². The maximum atomic E-state index is 13.9. The Hall–Kier alpha value is -2.71. The van der Waals surface area contributed by atoms with Crippen molar-refractivity contribution in [3.8, 4) is 5.75 Å². The molecule has 0 radical (unpaired) electrons. The zero-order valence-corrected chi connectivity index (χ0v) is 21.5. The van der Waals surface area contributed by atoms with E-state index in [9.17, 15) is 9.59 Å². The number of likely N-dealkylation sites (N-methyl/N-ethyl adjacent to an activating group) is 1. The average Bonchev–Trinajstić information content (AvgIpc) is 2.92. The van der Waals surface area contributed by atoms with E-state index < -0.39 is 17.4 Å². The zero-order valence-electron chi connectivity index (χ0n) is 20.7. The number of aryl methyl sites for hydroxylation is 1. The van der Waals surface area contributed by atoms with E-state index >= 15 is 0 Å². The van der Waals surface area contributed by atoms with Gasteiger partial charge >= 0.3 is 6.09 Å². The Morgan fingerprint density at radius 2 is 1.91 bits per heavy atom. The Bertz CT molecular complexity index is 981. The number of ether oxygens (including phenoxy) is 2. The zero-order chi connectivity index (χ0) is 24.7. The Morgan fingerprint density at radius 1 is 1.18 bits per heavy atom. The molecule has 0 fully saturated rings. The van der Waals surface area contributed by atoms with Crippen molar-refractivity contribution in [3.05, 3.63) is 53.6 Å². The van der Waals surface area contributed by atoms with Crippen LogP contribution in [0, 0.1) is 6.92 Å². The molecule has 0 saturated heterocycles. The molecule has 2 atom stereocenters. The van der Waals surface area contributed by atoms with Gasteiger partial charge in [-0.2, -0.15) is 0 Å². The third kappa shape index (κ3) is 6.45. The fraction of sp³-hybridized carbons (Fsp3) is 0.462. The van der Waals surface area contributed by atoms with Gasteiger partial charge in [-0.1, -0.05) is 31.5 Å². The molecule has 1 aliphatic rings. The minimum Gasteiger partial charge on any atom is -0.497 e. The predicted octanol–water partition coefficient (Wildman–Crippen LogP) is 4.64. The number of benzene rings is 2. The monoisotopic (exact) mass is 485 g/mol. The number of rotatable bonds is 9. The van der Waals surface area contributed by atoms with Crippen molar-refractivity contribution < 1.29 is 19.1 Å². The van der Waals surface area contributed by atoms with Crippen molar-refractivity contribution in [2.45, 2.75) is 42.9 Å². The Kier molecular flexibility index (Phi) is 9.24. The molecule has 2 amide bonds. The molecule has 34 heavy (non-hydrogen) atoms. The van der Waals surface area contributed by atoms with Gasteiger partial charge < -0.3 is 24.6 Å². The van der Waals surface area contributed by atoms with Crippen molar-refractivity contribution in [3.63, 3.8) is 0 Å². The molecule has 0 aliphatic carbocycles. The van der Waals surface area contributed by atoms with Crippen LogP contribution in [0.1, 0.15) is 36.1 Å². The topological polar surface area (TPSA) is 71.1 Å². The van der Waals surface area contributed by atoms with Crippen molar-refractivity contribution in [1.82, 2.24) is 10.2 Å². The number of alkyl carbamates (subject to hydrolysis) is 1. The maximum absolute atomic E-state index is 13.9. The molecule has 2 aromatic carbocycles. The molecular weight excluding hydrogens is 450 g/mol. The highest BCUT2D eigenvalue weighted by atomic mass is 32.2. The second-order valence-corrected chi connectivity index (χ2v) is 9.87. The molecule has 0 unspecified atom stereocenters. The first-order chi connectivity index (χ1) is 16.3. The second-order valence-electron chi connectivity index (χ2n) is 8.68. The van der Waals surface area contributed by atoms with E-state index in [0.29, 0.717) is 19.6 Å². The minimum absolute atomic E-state index is 0.219. The van der Waals surface area contributed by atoms with E-state index in [1.807, 2.05) is 62.3 Å². The fourth-order valence-electron chi connectivity index (χ4n) is 3.74. The minimum atomic E-state index is -0.977. The smallest absolute Gasteiger partial charge is 0.407 e. The number of carbonyl (C=O) groups excluding carboxylic acids is 2. The summed E-state index contributed by atoms with van der Waals surface area (Å²) in [4.78, 5) is 31.4. The third-order valence-electron chi connectivity index (χ3n) is 5.69. The lowest BCUT2D eigenvalue weighted by Gasteiger charge is -2.28. The Balaban J connectivity index is 2.02. The van der Waals surface area contributed by atoms with Gasteiger partial charge in [-0.25, -0.2) is 4.79 Å². The quantitative estimate of drug-likeness (QED) is 0.522. The summed E-state index contributed by atoms with van der Waals surface area (Å²) in [6.45, 7) is 5.79. The van der Waals surface area contributed by atoms with Crippen molar-refractivity contribution in [2.24, 2.45) is 0 Å². The highest BCUT2D eigenvalue weighted by molar-refractivity contribution is 7.99. The SMILES string of the molecule is CCCCNC(=O)O[C@@H]1C(=O)N(CCN(C)C)c2ccc(C)cc2S[C@@H]1c1ccc(OC)cc1. The molecular formula is C26H35N3O4S. The van der Waals surface area contributed by atoms with Crippen molar-refractivity contribution >= 4 is 29.4 Å². The van der Waals surface area contributed by atoms with E-state index in [4.69, 9.17) is 9.47 Å². The number of anilines is 1. The summed E-state index contributed by atoms with van der Waals surface area (Å²) in [6.07, 6.45) is 0.264. The van der Waals surface area contributed by atoms with Gasteiger partial charge in [0.2, 0.25) is 0 Å². The summed E-state index contributed by atoms with van der Waals surface area (Å²) < 4.78 is 11.2. The number of unbranched alkanes of at least 4 members (excludes halogenated alkanes) is 1. The molecule has 2 aromatic rings. The van der Waals surface area contributed by atoms with Crippen LogP contribution in [-0.2, 0) is 9.53 Å². The van der Waals surface area contributed by atoms with Crippen LogP contribution >= 0.6 is 11.8 Å². The van der Waals surface area contributed by atoms with Gasteiger partial charge in [-0.3, -0.25) is 4.79 Å². The molecule has 0 saturated carbocycles. The van der Waals surface area contributed by atoms with Gasteiger partial charge in [-0.15, -0.1) is 11.8 Å². The van der Waals surface area contributed by atoms with Crippen LogP contribution in [0.25, 0.3) is 0 Å². The summed E-state index contributed by atoms with van der Waals surface area (Å²) in [5, 5.41) is 2.39. The average molecular weight is 486 g/mol. The Labute approximate surface area is 206 Å². The van der Waals surface area contributed by atoms with E-state index in [0.717, 1.165) is 40.3 Å². The fourth-order valence-corrected chi connectivity index (χ4v) is 5.16. The van der Waals surface area contributed by atoms with Crippen LogP contribution in [0.5, 0.6) is 5.75 Å². The lowest BCUT2D eigenvalue weighted by Crippen LogP contribution is -2.46. The standard InChI is InChI=1S/C26H35N3O4S/c1-6-7-14-27-26(31)33-23-24(19-9-11-20(32-5)12-10-19)34-22-17-18(2)8-13-21(22)29(25(23)30)16-15-28(3)4/h8-13,17,23-24H,6-7,14-16H2,1-5H3,(H,27,31)/t23-,24+/m0/s1. The van der Waals surface area contributed by atoms with Crippen molar-refractivity contribution in [2.75, 3.05) is 45.7 Å². The summed E-state index contributed by atoms with van der Waals surface area (Å²) in [7, 11) is 5.57. The molecule has 0 spiro atoms. The van der Waals surface area contributed by atoms with Crippen LogP contribution in [0.2, 0.25) is 0 Å². The molecule has 0 aromatic heterocycles. The number of amides is 2. The van der Waals surface area contributed by atoms with Crippen LogP contribution in [0.15, 0.2) is 47.4 Å². The highest BCUT2D eigenvalue weighted by Gasteiger charge is 2.41. The van der Waals surface area contributed by atoms with Crippen LogP contribution in [0.3, 0.4) is 0 Å². The molecule has 1 heterocycles. The van der Waals surface area contributed by atoms with Gasteiger partial charge in [0.1, 0.15) is 5.75 Å². The van der Waals surface area contributed by atoms with Crippen molar-refractivity contribution in [1.29, 1.82) is 0 Å². The number of nitrogens with zero attached hydrogens (tertiary/aromatic N) is 2. The predicted molar refractivity (Wildman–Crippen MR) is 137 cm³/mol. The largest absolute Gasteiger partial charge is 0.497 e. The molecule has 184 valence electrons. The van der Waals surface area contributed by atoms with E-state index in [2.05, 4.69) is 18.3 Å². The molecule has 8 heteroatoms. The lowest BCUT2D eigenvalue weighted by molar-refractivity contribution is -0.126. The first-order valence-electron chi connectivity index (χ1n) is 11.7. The summed E-state index contributed by atoms with van der Waals surface area (Å²) in [6, 6.07) is 13.7. The van der Waals surface area contributed by atoms with Gasteiger partial charge in [-0.05, 0) is 62.8 Å². The van der Waals surface area contributed by atoms with Gasteiger partial charge in [0.15, 0.2) is 6.10 Å². The normalized spacial score (nSPS) is 17.8. The van der Waals surface area contributed by atoms with E-state index in [1.165, 1.54) is 0 Å². The molecule has 1 N–H and O–H groups in total. The van der Waals surface area contributed by atoms with Gasteiger partial charge in [0, 0.05) is 24.5 Å². The van der Waals surface area contributed by atoms with E-state index in [1.54, 1.807) is 23.8 Å². The summed E-state index contributed by atoms with van der Waals surface area (Å²) >= 11 is 1.56. The number of hydrogen-bond acceptors (Lipinski definition) is 6. The Morgan fingerprint density at radius 3 is 2.56 bits per heavy atom. The van der Waals surface area contributed by atoms with Crippen LogP contribution in [-0.4, -0.2) is 63.8 Å². The lowest BCUT2D eigenvalue weighted by atomic mass is 10.1. The molecule has 7 nitrogen and oxygen atoms in total. The molecule has 1 aliphatic heterocycles. The number of hydrogen-bond donors (Lipinski definition) is 1. The third-order valence-corrected chi connectivity index (χ3v) is 7.05. The number of thioether (sulfide) groups is 1.